The molecule has 5 nitrogen and oxygen atoms in total. The molecule has 0 spiro atoms. The minimum Gasteiger partial charge on any atom is -0.381 e. The molecule has 0 radical (unpaired) electrons. The number of hydrogen-bond acceptors (Lipinski definition) is 4. The van der Waals surface area contributed by atoms with Gasteiger partial charge in [0.1, 0.15) is 0 Å². The molecule has 98 valence electrons. The highest BCUT2D eigenvalue weighted by Gasteiger charge is 2.17. The van der Waals surface area contributed by atoms with Crippen molar-refractivity contribution >= 4 is 10.0 Å². The van der Waals surface area contributed by atoms with Gasteiger partial charge in [-0.25, -0.2) is 13.1 Å². The zero-order chi connectivity index (χ0) is 12.4. The summed E-state index contributed by atoms with van der Waals surface area (Å²) in [6.45, 7) is 5.61. The van der Waals surface area contributed by atoms with Gasteiger partial charge in [0.25, 0.3) is 0 Å². The first-order chi connectivity index (χ1) is 7.54. The van der Waals surface area contributed by atoms with E-state index in [0.29, 0.717) is 19.6 Å². The predicted octanol–water partition coefficient (Wildman–Crippen LogP) is 0.460. The molecule has 0 bridgehead atoms. The number of hydrogen-bond donors (Lipinski definition) is 2. The molecular weight excluding hydrogens is 228 g/mol. The van der Waals surface area contributed by atoms with Gasteiger partial charge >= 0.3 is 0 Å². The summed E-state index contributed by atoms with van der Waals surface area (Å²) in [6.07, 6.45) is 2.86. The lowest BCUT2D eigenvalue weighted by Gasteiger charge is -2.11. The van der Waals surface area contributed by atoms with E-state index >= 15 is 0 Å². The van der Waals surface area contributed by atoms with Gasteiger partial charge in [0.2, 0.25) is 10.0 Å². The van der Waals surface area contributed by atoms with Crippen molar-refractivity contribution in [3.05, 3.63) is 0 Å². The van der Waals surface area contributed by atoms with Gasteiger partial charge in [0.15, 0.2) is 0 Å². The van der Waals surface area contributed by atoms with Crippen LogP contribution in [0.15, 0.2) is 0 Å². The molecule has 16 heavy (non-hydrogen) atoms. The smallest absolute Gasteiger partial charge is 0.215 e. The Morgan fingerprint density at radius 1 is 1.31 bits per heavy atom. The van der Waals surface area contributed by atoms with Crippen molar-refractivity contribution in [1.82, 2.24) is 4.72 Å². The summed E-state index contributed by atoms with van der Waals surface area (Å²) < 4.78 is 30.8. The number of unbranched alkanes of at least 4 members (excludes halogenated alkanes) is 1. The molecule has 0 aliphatic heterocycles. The predicted molar refractivity (Wildman–Crippen MR) is 65.8 cm³/mol. The van der Waals surface area contributed by atoms with E-state index in [4.69, 9.17) is 10.5 Å². The fourth-order valence-electron chi connectivity index (χ4n) is 1.01. The van der Waals surface area contributed by atoms with Gasteiger partial charge in [-0.15, -0.1) is 0 Å². The molecular formula is C10H24N2O3S. The third-order valence-corrected chi connectivity index (χ3v) is 4.13. The lowest BCUT2D eigenvalue weighted by Crippen LogP contribution is -2.37. The molecule has 6 heteroatoms. The lowest BCUT2D eigenvalue weighted by atomic mass is 10.4. The molecule has 0 saturated carbocycles. The Balaban J connectivity index is 3.51. The molecule has 0 aromatic rings. The molecule has 0 aliphatic carbocycles. The van der Waals surface area contributed by atoms with E-state index in [0.717, 1.165) is 19.4 Å². The second-order valence-corrected chi connectivity index (χ2v) is 5.99. The molecule has 0 rings (SSSR count). The summed E-state index contributed by atoms with van der Waals surface area (Å²) in [6, 6.07) is 0. The number of ether oxygens (including phenoxy) is 1. The van der Waals surface area contributed by atoms with Crippen LogP contribution in [0.25, 0.3) is 0 Å². The lowest BCUT2D eigenvalue weighted by molar-refractivity contribution is 0.130. The van der Waals surface area contributed by atoms with Crippen molar-refractivity contribution < 1.29 is 13.2 Å². The highest BCUT2D eigenvalue weighted by molar-refractivity contribution is 7.90. The van der Waals surface area contributed by atoms with Crippen LogP contribution >= 0.6 is 0 Å². The van der Waals surface area contributed by atoms with Crippen molar-refractivity contribution in [1.29, 1.82) is 0 Å². The van der Waals surface area contributed by atoms with Crippen LogP contribution in [-0.4, -0.2) is 40.0 Å². The monoisotopic (exact) mass is 252 g/mol. The van der Waals surface area contributed by atoms with E-state index in [2.05, 4.69) is 11.6 Å². The fraction of sp³-hybridized carbons (Fsp3) is 1.00. The van der Waals surface area contributed by atoms with Crippen LogP contribution in [0.4, 0.5) is 0 Å². The number of nitrogens with one attached hydrogen (secondary N) is 1. The van der Waals surface area contributed by atoms with E-state index in [1.807, 2.05) is 0 Å². The number of sulfonamides is 1. The molecule has 3 N–H and O–H groups in total. The third kappa shape index (κ3) is 7.16. The van der Waals surface area contributed by atoms with Crippen LogP contribution in [0, 0.1) is 0 Å². The molecule has 1 atom stereocenters. The SMILES string of the molecule is CCCCOCCCNS(=O)(=O)C(C)CN. The van der Waals surface area contributed by atoms with Gasteiger partial charge in [-0.05, 0) is 19.8 Å². The Hall–Kier alpha value is -0.170. The maximum atomic E-state index is 11.5. The zero-order valence-corrected chi connectivity index (χ0v) is 11.1. The van der Waals surface area contributed by atoms with Crippen molar-refractivity contribution in [2.45, 2.75) is 38.4 Å². The van der Waals surface area contributed by atoms with E-state index in [-0.39, 0.29) is 6.54 Å². The topological polar surface area (TPSA) is 81.4 Å². The van der Waals surface area contributed by atoms with Crippen LogP contribution in [0.3, 0.4) is 0 Å². The molecule has 0 aromatic heterocycles. The summed E-state index contributed by atoms with van der Waals surface area (Å²) in [5, 5.41) is -0.534. The van der Waals surface area contributed by atoms with Crippen LogP contribution < -0.4 is 10.5 Å². The molecule has 0 heterocycles. The minimum atomic E-state index is -3.24. The standard InChI is InChI=1S/C10H24N2O3S/c1-3-4-7-15-8-5-6-12-16(13,14)10(2)9-11/h10,12H,3-9,11H2,1-2H3. The average molecular weight is 252 g/mol. The van der Waals surface area contributed by atoms with Gasteiger partial charge in [0, 0.05) is 26.3 Å². The first-order valence-corrected chi connectivity index (χ1v) is 7.35. The Kier molecular flexibility index (Phi) is 8.83. The largest absolute Gasteiger partial charge is 0.381 e. The number of rotatable bonds is 10. The van der Waals surface area contributed by atoms with Crippen LogP contribution in [0.5, 0.6) is 0 Å². The quantitative estimate of drug-likeness (QED) is 0.553. The van der Waals surface area contributed by atoms with Crippen molar-refractivity contribution in [3.8, 4) is 0 Å². The van der Waals surface area contributed by atoms with Crippen molar-refractivity contribution in [2.75, 3.05) is 26.3 Å². The molecule has 1 unspecified atom stereocenters. The fourth-order valence-corrected chi connectivity index (χ4v) is 1.97. The Morgan fingerprint density at radius 3 is 2.50 bits per heavy atom. The molecule has 0 aliphatic rings. The Morgan fingerprint density at radius 2 is 1.94 bits per heavy atom. The third-order valence-electron chi connectivity index (χ3n) is 2.27. The van der Waals surface area contributed by atoms with E-state index in [1.54, 1.807) is 6.92 Å². The second kappa shape index (κ2) is 8.92. The summed E-state index contributed by atoms with van der Waals surface area (Å²) >= 11 is 0. The molecule has 0 saturated heterocycles. The Labute approximate surface area is 98.8 Å². The van der Waals surface area contributed by atoms with Crippen LogP contribution in [-0.2, 0) is 14.8 Å². The van der Waals surface area contributed by atoms with Crippen LogP contribution in [0.1, 0.15) is 33.1 Å². The molecule has 0 amide bonds. The molecule has 0 fully saturated rings. The van der Waals surface area contributed by atoms with Gasteiger partial charge in [-0.2, -0.15) is 0 Å². The summed E-state index contributed by atoms with van der Waals surface area (Å²) in [5.74, 6) is 0. The van der Waals surface area contributed by atoms with Gasteiger partial charge in [0.05, 0.1) is 5.25 Å². The highest BCUT2D eigenvalue weighted by atomic mass is 32.2. The van der Waals surface area contributed by atoms with Gasteiger partial charge in [-0.3, -0.25) is 0 Å². The van der Waals surface area contributed by atoms with Crippen molar-refractivity contribution in [2.24, 2.45) is 5.73 Å². The van der Waals surface area contributed by atoms with E-state index < -0.39 is 15.3 Å². The van der Waals surface area contributed by atoms with Gasteiger partial charge < -0.3 is 10.5 Å². The minimum absolute atomic E-state index is 0.141. The molecule has 0 aromatic carbocycles. The highest BCUT2D eigenvalue weighted by Crippen LogP contribution is 1.96. The van der Waals surface area contributed by atoms with Crippen molar-refractivity contribution in [3.63, 3.8) is 0 Å². The average Bonchev–Trinajstić information content (AvgIpc) is 2.26. The second-order valence-electron chi connectivity index (χ2n) is 3.81. The number of nitrogens with two attached hydrogens (primary N) is 1. The summed E-state index contributed by atoms with van der Waals surface area (Å²) in [7, 11) is -3.24. The van der Waals surface area contributed by atoms with Gasteiger partial charge in [-0.1, -0.05) is 13.3 Å². The van der Waals surface area contributed by atoms with E-state index in [1.165, 1.54) is 0 Å². The van der Waals surface area contributed by atoms with E-state index in [9.17, 15) is 8.42 Å². The maximum Gasteiger partial charge on any atom is 0.215 e. The first-order valence-electron chi connectivity index (χ1n) is 5.81. The normalized spacial score (nSPS) is 13.9. The maximum absolute atomic E-state index is 11.5. The zero-order valence-electron chi connectivity index (χ0n) is 10.2. The van der Waals surface area contributed by atoms with Crippen LogP contribution in [0.2, 0.25) is 0 Å². The first kappa shape index (κ1) is 15.8. The summed E-state index contributed by atoms with van der Waals surface area (Å²) in [4.78, 5) is 0. The Bertz CT molecular complexity index is 255. The summed E-state index contributed by atoms with van der Waals surface area (Å²) in [5.41, 5.74) is 5.30.